The van der Waals surface area contributed by atoms with E-state index in [0.29, 0.717) is 0 Å². The fourth-order valence-corrected chi connectivity index (χ4v) is 0.534. The average molecular weight is 290 g/mol. The zero-order valence-electron chi connectivity index (χ0n) is 11.9. The van der Waals surface area contributed by atoms with Gasteiger partial charge in [-0.25, -0.2) is 8.42 Å². The van der Waals surface area contributed by atoms with Gasteiger partial charge in [0.1, 0.15) is 0 Å². The molecular weight excluding hydrogens is 271 g/mol. The molecule has 1 aromatic rings. The van der Waals surface area contributed by atoms with E-state index in [9.17, 15) is 12.6 Å². The minimum absolute atomic E-state index is 0. The van der Waals surface area contributed by atoms with E-state index in [1.165, 1.54) is 5.56 Å². The Kier molecular flexibility index (Phi) is 7.44. The maximum Gasteiger partial charge on any atom is 1.00 e. The van der Waals surface area contributed by atoms with Gasteiger partial charge in [0.2, 0.25) is 8.87 Å². The normalized spacial score (nSPS) is 13.4. The van der Waals surface area contributed by atoms with E-state index < -0.39 is 17.2 Å². The molecule has 0 radical (unpaired) electrons. The Bertz CT molecular complexity index is 497. The van der Waals surface area contributed by atoms with Crippen LogP contribution in [0, 0.1) is 6.92 Å². The van der Waals surface area contributed by atoms with Crippen molar-refractivity contribution in [2.75, 3.05) is 18.8 Å². The maximum absolute atomic E-state index is 10.8. The van der Waals surface area contributed by atoms with Crippen LogP contribution in [0.15, 0.2) is 30.3 Å². The summed E-state index contributed by atoms with van der Waals surface area (Å²) in [6, 6.07) is 10.3. The predicted octanol–water partition coefficient (Wildman–Crippen LogP) is -1.39. The first kappa shape index (κ1) is 19.6. The van der Waals surface area contributed by atoms with Crippen LogP contribution in [0.5, 0.6) is 0 Å². The first-order valence-corrected chi connectivity index (χ1v) is 9.63. The molecule has 0 amide bonds. The first-order chi connectivity index (χ1) is 6.91. The predicted molar refractivity (Wildman–Crippen MR) is 69.8 cm³/mol. The number of aryl methyl sites for hydroxylation is 1. The largest absolute Gasteiger partial charge is 1.00 e. The molecule has 0 heterocycles. The minimum Gasteiger partial charge on any atom is -1.00 e. The van der Waals surface area contributed by atoms with Gasteiger partial charge in [-0.3, -0.25) is 4.55 Å². The molecule has 0 spiro atoms. The van der Waals surface area contributed by atoms with Crippen molar-refractivity contribution in [3.05, 3.63) is 35.9 Å². The second kappa shape index (κ2) is 6.45. The standard InChI is InChI=1S/C7H8.C3H10O4S2.Na.H/c1-7-5-3-2-4-6-7;1-8(4,5)9(2,3,6)7;;/h2-6H,1H3;1-3H3,(H,6,7);;/q;;+1;-1. The van der Waals surface area contributed by atoms with E-state index >= 15 is 0 Å². The molecule has 0 bridgehead atoms. The fraction of sp³-hybridized carbons (Fsp3) is 0.400. The second-order valence-electron chi connectivity index (χ2n) is 4.02. The summed E-state index contributed by atoms with van der Waals surface area (Å²) in [4.78, 5) is 0. The van der Waals surface area contributed by atoms with Crippen LogP contribution in [0.2, 0.25) is 0 Å². The fourth-order valence-electron chi connectivity index (χ4n) is 0.534. The summed E-state index contributed by atoms with van der Waals surface area (Å²) in [6.45, 7) is 2.08. The Balaban J connectivity index is -0.000000229. The second-order valence-corrected chi connectivity index (χ2v) is 13.4. The summed E-state index contributed by atoms with van der Waals surface area (Å²) in [5, 5.41) is 0. The average Bonchev–Trinajstić information content (AvgIpc) is 2.00. The van der Waals surface area contributed by atoms with Crippen molar-refractivity contribution in [3.63, 3.8) is 0 Å². The smallest absolute Gasteiger partial charge is 1.00 e. The molecule has 1 aromatic carbocycles. The summed E-state index contributed by atoms with van der Waals surface area (Å²) in [6.07, 6.45) is 2.36. The molecule has 0 atom stereocenters. The van der Waals surface area contributed by atoms with Gasteiger partial charge in [0.15, 0.2) is 0 Å². The summed E-state index contributed by atoms with van der Waals surface area (Å²) < 4.78 is 40.5. The van der Waals surface area contributed by atoms with Gasteiger partial charge in [0, 0.05) is 12.5 Å². The Hall–Kier alpha value is 0.280. The van der Waals surface area contributed by atoms with E-state index in [0.717, 1.165) is 18.8 Å². The van der Waals surface area contributed by atoms with Gasteiger partial charge < -0.3 is 1.43 Å². The van der Waals surface area contributed by atoms with E-state index in [1.54, 1.807) is 0 Å². The number of hydrogen-bond acceptors (Lipinski definition) is 3. The molecule has 0 fully saturated rings. The third-order valence-corrected chi connectivity index (χ3v) is 8.72. The summed E-state index contributed by atoms with van der Waals surface area (Å²) >= 11 is 0. The van der Waals surface area contributed by atoms with Crippen molar-refractivity contribution >= 4 is 17.2 Å². The number of rotatable bonds is 1. The molecular formula is C10H19NaO4S2. The molecule has 0 aliphatic rings. The summed E-state index contributed by atoms with van der Waals surface area (Å²) in [7, 11) is -8.19. The van der Waals surface area contributed by atoms with E-state index in [2.05, 4.69) is 19.1 Å². The molecule has 0 saturated carbocycles. The Morgan fingerprint density at radius 1 is 1.18 bits per heavy atom. The molecule has 0 aliphatic heterocycles. The summed E-state index contributed by atoms with van der Waals surface area (Å²) in [5.41, 5.74) is 1.32. The Morgan fingerprint density at radius 2 is 1.47 bits per heavy atom. The van der Waals surface area contributed by atoms with Crippen LogP contribution in [0.4, 0.5) is 0 Å². The monoisotopic (exact) mass is 290 g/mol. The van der Waals surface area contributed by atoms with Crippen LogP contribution in [-0.4, -0.2) is 35.9 Å². The van der Waals surface area contributed by atoms with Crippen molar-refractivity contribution in [1.29, 1.82) is 0 Å². The molecule has 4 nitrogen and oxygen atoms in total. The zero-order chi connectivity index (χ0) is 13.1. The van der Waals surface area contributed by atoms with Gasteiger partial charge in [-0.2, -0.15) is 4.21 Å². The maximum atomic E-state index is 10.8. The molecule has 1 rings (SSSR count). The first-order valence-electron chi connectivity index (χ1n) is 4.48. The number of hydrogen-bond donors (Lipinski definition) is 1. The van der Waals surface area contributed by atoms with Crippen molar-refractivity contribution in [2.45, 2.75) is 6.92 Å². The molecule has 17 heavy (non-hydrogen) atoms. The Morgan fingerprint density at radius 3 is 1.59 bits per heavy atom. The van der Waals surface area contributed by atoms with E-state index in [1.807, 2.05) is 18.2 Å². The molecule has 1 N–H and O–H groups in total. The van der Waals surface area contributed by atoms with E-state index in [-0.39, 0.29) is 31.0 Å². The van der Waals surface area contributed by atoms with Crippen molar-refractivity contribution in [2.24, 2.45) is 0 Å². The molecule has 0 saturated heterocycles. The van der Waals surface area contributed by atoms with Crippen LogP contribution >= 0.6 is 0 Å². The molecule has 0 aliphatic carbocycles. The molecule has 0 aromatic heterocycles. The zero-order valence-corrected chi connectivity index (χ0v) is 14.5. The van der Waals surface area contributed by atoms with Gasteiger partial charge in [0.05, 0.1) is 6.26 Å². The van der Waals surface area contributed by atoms with E-state index in [4.69, 9.17) is 4.55 Å². The topological polar surface area (TPSA) is 71.4 Å². The van der Waals surface area contributed by atoms with Crippen LogP contribution in [-0.2, 0) is 17.2 Å². The molecule has 7 heteroatoms. The van der Waals surface area contributed by atoms with Crippen molar-refractivity contribution < 1.29 is 48.2 Å². The van der Waals surface area contributed by atoms with Crippen LogP contribution in [0.3, 0.4) is 0 Å². The van der Waals surface area contributed by atoms with Gasteiger partial charge in [0.25, 0.3) is 0 Å². The number of benzene rings is 1. The van der Waals surface area contributed by atoms with Gasteiger partial charge in [-0.1, -0.05) is 35.9 Å². The summed E-state index contributed by atoms with van der Waals surface area (Å²) in [5.74, 6) is 0. The van der Waals surface area contributed by atoms with Crippen LogP contribution < -0.4 is 29.6 Å². The quantitative estimate of drug-likeness (QED) is 0.511. The van der Waals surface area contributed by atoms with Gasteiger partial charge in [-0.15, -0.1) is 8.38 Å². The van der Waals surface area contributed by atoms with Gasteiger partial charge in [-0.05, 0) is 6.92 Å². The van der Waals surface area contributed by atoms with Gasteiger partial charge >= 0.3 is 29.6 Å². The third kappa shape index (κ3) is 8.07. The van der Waals surface area contributed by atoms with Crippen molar-refractivity contribution in [1.82, 2.24) is 0 Å². The minimum atomic E-state index is -4.36. The Labute approximate surface area is 126 Å². The van der Waals surface area contributed by atoms with Crippen LogP contribution in [0.1, 0.15) is 6.99 Å². The van der Waals surface area contributed by atoms with Crippen molar-refractivity contribution in [3.8, 4) is 0 Å². The molecule has 0 unspecified atom stereocenters. The molecule has 96 valence electrons. The third-order valence-electron chi connectivity index (χ3n) is 1.80. The SMILES string of the molecule is CS(=O)(=O)S(C)(C)(=O)O.Cc1ccccc1.[H-].[Na+]. The van der Waals surface area contributed by atoms with Crippen LogP contribution in [0.25, 0.3) is 0 Å².